The number of fused-ring (bicyclic) bond motifs is 1. The minimum absolute atomic E-state index is 0.150. The summed E-state index contributed by atoms with van der Waals surface area (Å²) in [5, 5.41) is 26.2. The predicted octanol–water partition coefficient (Wildman–Crippen LogP) is 5.96. The topological polar surface area (TPSA) is 104 Å². The molecule has 174 valence electrons. The first-order chi connectivity index (χ1) is 17.1. The number of ether oxygens (including phenoxy) is 3. The van der Waals surface area contributed by atoms with E-state index in [1.165, 1.54) is 0 Å². The Morgan fingerprint density at radius 1 is 1.09 bits per heavy atom. The first-order valence-electron chi connectivity index (χ1n) is 10.9. The highest BCUT2D eigenvalue weighted by molar-refractivity contribution is 6.30. The summed E-state index contributed by atoms with van der Waals surface area (Å²) >= 11 is 6.07. The molecule has 3 aromatic carbocycles. The van der Waals surface area contributed by atoms with Gasteiger partial charge in [-0.05, 0) is 35.4 Å². The molecule has 0 aliphatic carbocycles. The van der Waals surface area contributed by atoms with Crippen LogP contribution in [0, 0.1) is 22.7 Å². The van der Waals surface area contributed by atoms with Gasteiger partial charge in [0.2, 0.25) is 11.8 Å². The third-order valence-electron chi connectivity index (χ3n) is 5.96. The van der Waals surface area contributed by atoms with Gasteiger partial charge in [-0.15, -0.1) is 5.10 Å². The Morgan fingerprint density at radius 3 is 2.57 bits per heavy atom. The average molecular weight is 485 g/mol. The van der Waals surface area contributed by atoms with Gasteiger partial charge in [0.05, 0.1) is 24.4 Å². The van der Waals surface area contributed by atoms with Gasteiger partial charge in [0, 0.05) is 16.5 Å². The summed E-state index contributed by atoms with van der Waals surface area (Å²) in [4.78, 5) is 0. The Kier molecular flexibility index (Phi) is 6.13. The Hall–Kier alpha value is -4.28. The van der Waals surface area contributed by atoms with E-state index < -0.39 is 11.8 Å². The molecule has 7 nitrogen and oxygen atoms in total. The fourth-order valence-electron chi connectivity index (χ4n) is 4.25. The van der Waals surface area contributed by atoms with E-state index in [-0.39, 0.29) is 11.8 Å². The molecule has 1 aliphatic rings. The van der Waals surface area contributed by atoms with Crippen molar-refractivity contribution in [2.45, 2.75) is 12.5 Å². The van der Waals surface area contributed by atoms with Crippen LogP contribution in [-0.2, 0) is 6.61 Å². The van der Waals surface area contributed by atoms with Crippen LogP contribution in [0.25, 0.3) is 11.3 Å². The first-order valence-corrected chi connectivity index (χ1v) is 11.3. The lowest BCUT2D eigenvalue weighted by Crippen LogP contribution is -2.30. The Labute approximate surface area is 207 Å². The average Bonchev–Trinajstić information content (AvgIpc) is 3.30. The summed E-state index contributed by atoms with van der Waals surface area (Å²) in [5.41, 5.74) is 4.08. The van der Waals surface area contributed by atoms with E-state index in [2.05, 4.69) is 16.3 Å². The Morgan fingerprint density at radius 2 is 1.86 bits per heavy atom. The van der Waals surface area contributed by atoms with Crippen LogP contribution in [-0.4, -0.2) is 23.2 Å². The normalized spacial score (nSPS) is 16.7. The second-order valence-electron chi connectivity index (χ2n) is 8.06. The number of methoxy groups -OCH3 is 1. The molecule has 0 amide bonds. The smallest absolute Gasteiger partial charge is 0.244 e. The summed E-state index contributed by atoms with van der Waals surface area (Å²) in [6, 6.07) is 25.0. The monoisotopic (exact) mass is 484 g/mol. The molecule has 0 fully saturated rings. The lowest BCUT2D eigenvalue weighted by molar-refractivity contribution is 0.284. The molecule has 1 aromatic heterocycles. The zero-order valence-corrected chi connectivity index (χ0v) is 19.5. The van der Waals surface area contributed by atoms with Gasteiger partial charge < -0.3 is 14.2 Å². The number of nitrogens with one attached hydrogen (secondary N) is 2. The molecule has 0 saturated heterocycles. The standard InChI is InChI=1S/C27H21ClN4O3/c1-33-22-13-18(9-12-21(22)34-15-16-5-3-2-4-6-16)23-20(14-29)26(30)35-27-24(23)25(31-32-27)17-7-10-19(28)11-8-17/h2-13,20,23,30H,15H2,1H3,(H,31,32). The molecule has 0 radical (unpaired) electrons. The zero-order valence-electron chi connectivity index (χ0n) is 18.8. The van der Waals surface area contributed by atoms with Crippen LogP contribution >= 0.6 is 11.6 Å². The van der Waals surface area contributed by atoms with Gasteiger partial charge in [-0.1, -0.05) is 60.1 Å². The molecule has 8 heteroatoms. The van der Waals surface area contributed by atoms with Crippen molar-refractivity contribution in [3.05, 3.63) is 94.5 Å². The first kappa shape index (κ1) is 22.5. The second-order valence-corrected chi connectivity index (χ2v) is 8.50. The number of benzene rings is 3. The van der Waals surface area contributed by atoms with E-state index in [9.17, 15) is 5.26 Å². The van der Waals surface area contributed by atoms with Crippen molar-refractivity contribution in [1.29, 1.82) is 10.7 Å². The van der Waals surface area contributed by atoms with E-state index in [1.54, 1.807) is 19.2 Å². The molecule has 0 spiro atoms. The van der Waals surface area contributed by atoms with Gasteiger partial charge in [0.15, 0.2) is 11.5 Å². The van der Waals surface area contributed by atoms with E-state index in [1.807, 2.05) is 60.7 Å². The third-order valence-corrected chi connectivity index (χ3v) is 6.21. The fraction of sp³-hybridized carbons (Fsp3) is 0.148. The lowest BCUT2D eigenvalue weighted by Gasteiger charge is -2.28. The summed E-state index contributed by atoms with van der Waals surface area (Å²) in [7, 11) is 1.57. The van der Waals surface area contributed by atoms with E-state index >= 15 is 0 Å². The van der Waals surface area contributed by atoms with Gasteiger partial charge >= 0.3 is 0 Å². The number of hydrogen-bond donors (Lipinski definition) is 2. The summed E-state index contributed by atoms with van der Waals surface area (Å²) in [6.07, 6.45) is 0. The van der Waals surface area contributed by atoms with E-state index in [0.29, 0.717) is 34.4 Å². The molecule has 1 aliphatic heterocycles. The van der Waals surface area contributed by atoms with Crippen LogP contribution in [0.2, 0.25) is 5.02 Å². The number of halogens is 1. The number of H-pyrrole nitrogens is 1. The van der Waals surface area contributed by atoms with Crippen LogP contribution in [0.1, 0.15) is 22.6 Å². The molecule has 2 unspecified atom stereocenters. The molecule has 35 heavy (non-hydrogen) atoms. The van der Waals surface area contributed by atoms with E-state index in [0.717, 1.165) is 16.7 Å². The fourth-order valence-corrected chi connectivity index (χ4v) is 4.37. The van der Waals surface area contributed by atoms with Crippen molar-refractivity contribution in [3.63, 3.8) is 0 Å². The van der Waals surface area contributed by atoms with Crippen molar-refractivity contribution in [2.24, 2.45) is 5.92 Å². The largest absolute Gasteiger partial charge is 0.493 e. The number of aromatic nitrogens is 2. The van der Waals surface area contributed by atoms with Gasteiger partial charge in [-0.25, -0.2) is 0 Å². The maximum absolute atomic E-state index is 9.97. The van der Waals surface area contributed by atoms with Crippen LogP contribution in [0.4, 0.5) is 0 Å². The Bertz CT molecular complexity index is 1410. The van der Waals surface area contributed by atoms with Crippen molar-refractivity contribution < 1.29 is 14.2 Å². The second kappa shape index (κ2) is 9.53. The zero-order chi connectivity index (χ0) is 24.4. The highest BCUT2D eigenvalue weighted by Crippen LogP contribution is 2.47. The maximum atomic E-state index is 9.97. The number of aromatic amines is 1. The molecule has 4 aromatic rings. The summed E-state index contributed by atoms with van der Waals surface area (Å²) in [5.74, 6) is -0.0978. The molecule has 2 N–H and O–H groups in total. The number of nitrogens with zero attached hydrogens (tertiary/aromatic N) is 2. The van der Waals surface area contributed by atoms with Crippen molar-refractivity contribution in [1.82, 2.24) is 10.2 Å². The van der Waals surface area contributed by atoms with Gasteiger partial charge in [-0.2, -0.15) is 5.26 Å². The van der Waals surface area contributed by atoms with Crippen LogP contribution in [0.5, 0.6) is 17.4 Å². The molecule has 2 atom stereocenters. The highest BCUT2D eigenvalue weighted by atomic mass is 35.5. The molecular formula is C27H21ClN4O3. The number of nitriles is 1. The van der Waals surface area contributed by atoms with Crippen molar-refractivity contribution >= 4 is 17.5 Å². The van der Waals surface area contributed by atoms with Crippen LogP contribution < -0.4 is 14.2 Å². The molecule has 0 saturated carbocycles. The predicted molar refractivity (Wildman–Crippen MR) is 132 cm³/mol. The van der Waals surface area contributed by atoms with E-state index in [4.69, 9.17) is 31.2 Å². The number of hydrogen-bond acceptors (Lipinski definition) is 6. The number of rotatable bonds is 6. The summed E-state index contributed by atoms with van der Waals surface area (Å²) in [6.45, 7) is 0.395. The maximum Gasteiger partial charge on any atom is 0.244 e. The van der Waals surface area contributed by atoms with Gasteiger partial charge in [0.1, 0.15) is 12.5 Å². The van der Waals surface area contributed by atoms with Gasteiger partial charge in [-0.3, -0.25) is 10.5 Å². The molecular weight excluding hydrogens is 464 g/mol. The Balaban J connectivity index is 1.55. The quantitative estimate of drug-likeness (QED) is 0.351. The third kappa shape index (κ3) is 4.32. The highest BCUT2D eigenvalue weighted by Gasteiger charge is 2.41. The molecule has 5 rings (SSSR count). The minimum Gasteiger partial charge on any atom is -0.493 e. The SMILES string of the molecule is COc1cc(C2c3c(n[nH]c3-c3ccc(Cl)cc3)OC(=N)C2C#N)ccc1OCc1ccccc1. The van der Waals surface area contributed by atoms with Crippen LogP contribution in [0.3, 0.4) is 0 Å². The lowest BCUT2D eigenvalue weighted by atomic mass is 9.78. The minimum atomic E-state index is -0.841. The molecule has 2 heterocycles. The summed E-state index contributed by atoms with van der Waals surface area (Å²) < 4.78 is 17.2. The van der Waals surface area contributed by atoms with Gasteiger partial charge in [0.25, 0.3) is 0 Å². The van der Waals surface area contributed by atoms with Crippen molar-refractivity contribution in [2.75, 3.05) is 7.11 Å². The molecule has 0 bridgehead atoms. The van der Waals surface area contributed by atoms with Crippen molar-refractivity contribution in [3.8, 4) is 34.7 Å². The van der Waals surface area contributed by atoms with Crippen LogP contribution in [0.15, 0.2) is 72.8 Å².